The van der Waals surface area contributed by atoms with Crippen LogP contribution in [0.25, 0.3) is 16.8 Å². The Morgan fingerprint density at radius 1 is 1.16 bits per heavy atom. The number of fused-ring (bicyclic) bond motifs is 1. The predicted octanol–water partition coefficient (Wildman–Crippen LogP) is 4.24. The first-order valence-electron chi connectivity index (χ1n) is 11.1. The third-order valence-corrected chi connectivity index (χ3v) is 5.23. The van der Waals surface area contributed by atoms with Crippen molar-refractivity contribution in [2.24, 2.45) is 7.05 Å². The molecule has 4 rings (SSSR count). The molecule has 0 N–H and O–H groups in total. The van der Waals surface area contributed by atoms with Gasteiger partial charge in [-0.15, -0.1) is 0 Å². The van der Waals surface area contributed by atoms with Crippen molar-refractivity contribution in [3.05, 3.63) is 30.4 Å². The highest BCUT2D eigenvalue weighted by Crippen LogP contribution is 2.33. The van der Waals surface area contributed by atoms with Gasteiger partial charge >= 0.3 is 6.09 Å². The molecular weight excluding hydrogens is 408 g/mol. The van der Waals surface area contributed by atoms with Crippen LogP contribution < -0.4 is 4.74 Å². The highest BCUT2D eigenvalue weighted by molar-refractivity contribution is 5.68. The third-order valence-electron chi connectivity index (χ3n) is 5.23. The van der Waals surface area contributed by atoms with Crippen LogP contribution in [0.3, 0.4) is 0 Å². The summed E-state index contributed by atoms with van der Waals surface area (Å²) >= 11 is 0. The normalized spacial score (nSPS) is 17.9. The smallest absolute Gasteiger partial charge is 0.410 e. The van der Waals surface area contributed by atoms with E-state index in [1.807, 2.05) is 61.0 Å². The number of carbonyl (C=O) groups excluding carboxylic acids is 1. The molecule has 1 aliphatic carbocycles. The molecule has 1 saturated carbocycles. The Kier molecular flexibility index (Phi) is 6.76. The summed E-state index contributed by atoms with van der Waals surface area (Å²) in [6.07, 6.45) is 8.49. The summed E-state index contributed by atoms with van der Waals surface area (Å²) in [5, 5.41) is 8.65. The fourth-order valence-electron chi connectivity index (χ4n) is 3.49. The standard InChI is InChI=1S/C21H28N6O3.C2H6/c1-13-9-23-27-12-17(14-10-22-25(5)11-14)24-19(18(13)27)29-16-7-15(8-16)26(6)20(28)30-21(2,3)4;1-2/h9-12,15-16H,7-8H2,1-6H3;1-2H3. The molecule has 0 aliphatic heterocycles. The Hall–Kier alpha value is -3.10. The van der Waals surface area contributed by atoms with Crippen molar-refractivity contribution in [2.75, 3.05) is 7.05 Å². The molecule has 0 saturated heterocycles. The van der Waals surface area contributed by atoms with Gasteiger partial charge in [0.1, 0.15) is 17.2 Å². The molecule has 0 radical (unpaired) electrons. The van der Waals surface area contributed by atoms with E-state index >= 15 is 0 Å². The highest BCUT2D eigenvalue weighted by atomic mass is 16.6. The van der Waals surface area contributed by atoms with Crippen LogP contribution in [-0.2, 0) is 11.8 Å². The van der Waals surface area contributed by atoms with E-state index in [-0.39, 0.29) is 18.2 Å². The lowest BCUT2D eigenvalue weighted by atomic mass is 9.88. The summed E-state index contributed by atoms with van der Waals surface area (Å²) < 4.78 is 15.2. The quantitative estimate of drug-likeness (QED) is 0.601. The first-order valence-corrected chi connectivity index (χ1v) is 11.1. The average molecular weight is 443 g/mol. The molecule has 1 fully saturated rings. The fraction of sp³-hybridized carbons (Fsp3) is 0.565. The largest absolute Gasteiger partial charge is 0.473 e. The van der Waals surface area contributed by atoms with Gasteiger partial charge < -0.3 is 14.4 Å². The number of amides is 1. The van der Waals surface area contributed by atoms with Gasteiger partial charge in [-0.1, -0.05) is 13.8 Å². The topological polar surface area (TPSA) is 86.8 Å². The summed E-state index contributed by atoms with van der Waals surface area (Å²) in [6, 6.07) is 0.0911. The zero-order valence-electron chi connectivity index (χ0n) is 20.3. The van der Waals surface area contributed by atoms with E-state index in [4.69, 9.17) is 14.5 Å². The van der Waals surface area contributed by atoms with Crippen molar-refractivity contribution in [3.8, 4) is 17.1 Å². The van der Waals surface area contributed by atoms with Crippen molar-refractivity contribution in [2.45, 2.75) is 72.1 Å². The summed E-state index contributed by atoms with van der Waals surface area (Å²) in [7, 11) is 3.64. The Labute approximate surface area is 189 Å². The number of hydrogen-bond donors (Lipinski definition) is 0. The molecule has 0 unspecified atom stereocenters. The van der Waals surface area contributed by atoms with Crippen molar-refractivity contribution in [1.82, 2.24) is 29.3 Å². The molecule has 0 aromatic carbocycles. The van der Waals surface area contributed by atoms with E-state index in [1.165, 1.54) is 0 Å². The van der Waals surface area contributed by atoms with E-state index in [0.717, 1.165) is 35.2 Å². The van der Waals surface area contributed by atoms with Crippen LogP contribution in [-0.4, -0.2) is 60.2 Å². The fourth-order valence-corrected chi connectivity index (χ4v) is 3.49. The van der Waals surface area contributed by atoms with Crippen LogP contribution in [0.2, 0.25) is 0 Å². The highest BCUT2D eigenvalue weighted by Gasteiger charge is 2.38. The molecular formula is C23H34N6O3. The van der Waals surface area contributed by atoms with Crippen LogP contribution >= 0.6 is 0 Å². The first kappa shape index (κ1) is 23.6. The lowest BCUT2D eigenvalue weighted by Crippen LogP contribution is -2.51. The second-order valence-corrected chi connectivity index (χ2v) is 8.91. The van der Waals surface area contributed by atoms with Gasteiger partial charge in [-0.3, -0.25) is 4.68 Å². The molecule has 3 aromatic heterocycles. The molecule has 3 aromatic rings. The Bertz CT molecular complexity index is 1080. The lowest BCUT2D eigenvalue weighted by Gasteiger charge is -2.40. The zero-order valence-corrected chi connectivity index (χ0v) is 20.3. The van der Waals surface area contributed by atoms with E-state index in [1.54, 1.807) is 33.5 Å². The van der Waals surface area contributed by atoms with Crippen molar-refractivity contribution >= 4 is 11.6 Å². The van der Waals surface area contributed by atoms with Gasteiger partial charge in [0, 0.05) is 50.3 Å². The second-order valence-electron chi connectivity index (χ2n) is 8.91. The van der Waals surface area contributed by atoms with Crippen molar-refractivity contribution in [1.29, 1.82) is 0 Å². The van der Waals surface area contributed by atoms with Gasteiger partial charge in [-0.05, 0) is 27.7 Å². The summed E-state index contributed by atoms with van der Waals surface area (Å²) in [5.41, 5.74) is 2.99. The van der Waals surface area contributed by atoms with Gasteiger partial charge in [-0.25, -0.2) is 14.3 Å². The lowest BCUT2D eigenvalue weighted by molar-refractivity contribution is -0.00937. The molecule has 0 atom stereocenters. The Balaban J connectivity index is 0.00000141. The van der Waals surface area contributed by atoms with Gasteiger partial charge in [0.15, 0.2) is 0 Å². The molecule has 32 heavy (non-hydrogen) atoms. The molecule has 9 nitrogen and oxygen atoms in total. The molecule has 0 bridgehead atoms. The van der Waals surface area contributed by atoms with Gasteiger partial charge in [-0.2, -0.15) is 10.2 Å². The SMILES string of the molecule is CC.Cc1cnn2cc(-c3cnn(C)c3)nc(OC3CC(N(C)C(=O)OC(C)(C)C)C3)c12. The summed E-state index contributed by atoms with van der Waals surface area (Å²) in [6.45, 7) is 11.6. The van der Waals surface area contributed by atoms with Crippen LogP contribution in [0.5, 0.6) is 5.88 Å². The number of ether oxygens (including phenoxy) is 2. The molecule has 9 heteroatoms. The van der Waals surface area contributed by atoms with Gasteiger partial charge in [0.05, 0.1) is 24.3 Å². The number of aryl methyl sites for hydroxylation is 2. The minimum Gasteiger partial charge on any atom is -0.473 e. The molecule has 0 spiro atoms. The number of hydrogen-bond acceptors (Lipinski definition) is 6. The van der Waals surface area contributed by atoms with Crippen LogP contribution in [0.15, 0.2) is 24.8 Å². The van der Waals surface area contributed by atoms with Crippen LogP contribution in [0.4, 0.5) is 4.79 Å². The van der Waals surface area contributed by atoms with Gasteiger partial charge in [0.25, 0.3) is 0 Å². The maximum absolute atomic E-state index is 12.3. The van der Waals surface area contributed by atoms with Crippen LogP contribution in [0.1, 0.15) is 53.0 Å². The van der Waals surface area contributed by atoms with E-state index in [2.05, 4.69) is 10.2 Å². The van der Waals surface area contributed by atoms with Crippen molar-refractivity contribution < 1.29 is 14.3 Å². The maximum atomic E-state index is 12.3. The maximum Gasteiger partial charge on any atom is 0.410 e. The van der Waals surface area contributed by atoms with Gasteiger partial charge in [0.2, 0.25) is 5.88 Å². The molecule has 1 amide bonds. The van der Waals surface area contributed by atoms with E-state index < -0.39 is 5.60 Å². The van der Waals surface area contributed by atoms with Crippen molar-refractivity contribution in [3.63, 3.8) is 0 Å². The molecule has 3 heterocycles. The number of nitrogens with zero attached hydrogens (tertiary/aromatic N) is 6. The van der Waals surface area contributed by atoms with E-state index in [9.17, 15) is 4.79 Å². The minimum atomic E-state index is -0.507. The third kappa shape index (κ3) is 5.03. The average Bonchev–Trinajstić information content (AvgIpc) is 3.30. The monoisotopic (exact) mass is 442 g/mol. The molecule has 1 aliphatic rings. The number of aromatic nitrogens is 5. The Morgan fingerprint density at radius 2 is 1.84 bits per heavy atom. The second kappa shape index (κ2) is 9.18. The number of rotatable bonds is 4. The number of carbonyl (C=O) groups is 1. The Morgan fingerprint density at radius 3 is 2.44 bits per heavy atom. The summed E-state index contributed by atoms with van der Waals surface area (Å²) in [5.74, 6) is 0.551. The summed E-state index contributed by atoms with van der Waals surface area (Å²) in [4.78, 5) is 18.7. The molecule has 174 valence electrons. The zero-order chi connectivity index (χ0) is 23.6. The van der Waals surface area contributed by atoms with E-state index in [0.29, 0.717) is 5.88 Å². The minimum absolute atomic E-state index is 0.0189. The van der Waals surface area contributed by atoms with Crippen LogP contribution in [0, 0.1) is 6.92 Å². The first-order chi connectivity index (χ1) is 15.1. The predicted molar refractivity (Wildman–Crippen MR) is 123 cm³/mol.